The Morgan fingerprint density at radius 3 is 2.53 bits per heavy atom. The van der Waals surface area contributed by atoms with Gasteiger partial charge in [-0.2, -0.15) is 4.39 Å². The van der Waals surface area contributed by atoms with Crippen LogP contribution in [0, 0.1) is 9.52 Å². The number of nitrogens with one attached hydrogen (secondary N) is 1. The lowest BCUT2D eigenvalue weighted by atomic mass is 10.2. The molecule has 0 radical (unpaired) electrons. The molecule has 86 valence electrons. The number of benzene rings is 1. The fourth-order valence-electron chi connectivity index (χ4n) is 1.27. The third-order valence-corrected chi connectivity index (χ3v) is 2.78. The van der Waals surface area contributed by atoms with Gasteiger partial charge in [-0.25, -0.2) is 4.98 Å². The molecule has 1 N–H and O–H groups in total. The Kier molecular flexibility index (Phi) is 3.68. The lowest BCUT2D eigenvalue weighted by Gasteiger charge is -2.04. The van der Waals surface area contributed by atoms with E-state index >= 15 is 0 Å². The molecule has 0 spiro atoms. The number of amides is 1. The summed E-state index contributed by atoms with van der Waals surface area (Å²) in [6.07, 6.45) is 0. The predicted octanol–water partition coefficient (Wildman–Crippen LogP) is 3.08. The molecule has 2 rings (SSSR count). The van der Waals surface area contributed by atoms with E-state index in [0.717, 1.165) is 3.57 Å². The third kappa shape index (κ3) is 3.23. The molecule has 0 aliphatic rings. The molecular weight excluding hydrogens is 334 g/mol. The number of carbonyl (C=O) groups is 1. The van der Waals surface area contributed by atoms with E-state index in [1.807, 2.05) is 12.1 Å². The van der Waals surface area contributed by atoms with E-state index < -0.39 is 5.95 Å². The minimum absolute atomic E-state index is 0.202. The topological polar surface area (TPSA) is 42.0 Å². The zero-order chi connectivity index (χ0) is 12.3. The van der Waals surface area contributed by atoms with Crippen LogP contribution in [0.4, 0.5) is 10.2 Å². The highest BCUT2D eigenvalue weighted by Gasteiger charge is 2.06. The summed E-state index contributed by atoms with van der Waals surface area (Å²) in [5, 5.41) is 2.53. The highest BCUT2D eigenvalue weighted by atomic mass is 127. The second-order valence-corrected chi connectivity index (χ2v) is 4.55. The van der Waals surface area contributed by atoms with Crippen molar-refractivity contribution in [3.63, 3.8) is 0 Å². The normalized spacial score (nSPS) is 10.0. The standard InChI is InChI=1S/C12H8FIN2O/c13-10-2-1-3-11(15-10)16-12(17)8-4-6-9(14)7-5-8/h1-7H,(H,15,16,17). The highest BCUT2D eigenvalue weighted by molar-refractivity contribution is 14.1. The van der Waals surface area contributed by atoms with Crippen molar-refractivity contribution in [2.75, 3.05) is 5.32 Å². The van der Waals surface area contributed by atoms with E-state index in [2.05, 4.69) is 32.9 Å². The molecule has 1 heterocycles. The average molecular weight is 342 g/mol. The molecule has 0 unspecified atom stereocenters. The molecule has 0 saturated heterocycles. The van der Waals surface area contributed by atoms with Gasteiger partial charge < -0.3 is 5.32 Å². The first-order valence-electron chi connectivity index (χ1n) is 4.84. The van der Waals surface area contributed by atoms with Crippen LogP contribution in [-0.2, 0) is 0 Å². The van der Waals surface area contributed by atoms with Gasteiger partial charge in [-0.3, -0.25) is 4.79 Å². The fourth-order valence-corrected chi connectivity index (χ4v) is 1.63. The number of hydrogen-bond acceptors (Lipinski definition) is 2. The van der Waals surface area contributed by atoms with Gasteiger partial charge in [0.2, 0.25) is 5.95 Å². The van der Waals surface area contributed by atoms with Gasteiger partial charge in [0, 0.05) is 9.13 Å². The lowest BCUT2D eigenvalue weighted by Crippen LogP contribution is -2.13. The number of nitrogens with zero attached hydrogens (tertiary/aromatic N) is 1. The monoisotopic (exact) mass is 342 g/mol. The maximum atomic E-state index is 12.8. The Hall–Kier alpha value is -1.50. The first-order chi connectivity index (χ1) is 8.15. The minimum Gasteiger partial charge on any atom is -0.306 e. The molecule has 1 amide bonds. The van der Waals surface area contributed by atoms with Gasteiger partial charge in [0.15, 0.2) is 0 Å². The van der Waals surface area contributed by atoms with E-state index in [0.29, 0.717) is 5.56 Å². The molecule has 2 aromatic rings. The molecule has 5 heteroatoms. The Morgan fingerprint density at radius 2 is 1.88 bits per heavy atom. The number of hydrogen-bond donors (Lipinski definition) is 1. The lowest BCUT2D eigenvalue weighted by molar-refractivity contribution is 0.102. The molecule has 3 nitrogen and oxygen atoms in total. The van der Waals surface area contributed by atoms with E-state index in [9.17, 15) is 9.18 Å². The van der Waals surface area contributed by atoms with Crippen molar-refractivity contribution in [2.45, 2.75) is 0 Å². The number of carbonyl (C=O) groups excluding carboxylic acids is 1. The summed E-state index contributed by atoms with van der Waals surface area (Å²) in [6.45, 7) is 0. The van der Waals surface area contributed by atoms with Crippen LogP contribution in [0.25, 0.3) is 0 Å². The molecule has 0 aliphatic carbocycles. The van der Waals surface area contributed by atoms with E-state index in [1.54, 1.807) is 12.1 Å². The van der Waals surface area contributed by atoms with Crippen molar-refractivity contribution in [1.82, 2.24) is 4.98 Å². The number of anilines is 1. The quantitative estimate of drug-likeness (QED) is 0.673. The van der Waals surface area contributed by atoms with Gasteiger partial charge in [-0.15, -0.1) is 0 Å². The van der Waals surface area contributed by atoms with Crippen molar-refractivity contribution >= 4 is 34.3 Å². The van der Waals surface area contributed by atoms with Crippen LogP contribution in [0.15, 0.2) is 42.5 Å². The SMILES string of the molecule is O=C(Nc1cccc(F)n1)c1ccc(I)cc1. The second-order valence-electron chi connectivity index (χ2n) is 3.31. The molecular formula is C12H8FIN2O. The van der Waals surface area contributed by atoms with Crippen molar-refractivity contribution in [1.29, 1.82) is 0 Å². The molecule has 0 atom stereocenters. The molecule has 0 aliphatic heterocycles. The summed E-state index contributed by atoms with van der Waals surface area (Å²) < 4.78 is 13.9. The van der Waals surface area contributed by atoms with Gasteiger partial charge in [-0.1, -0.05) is 6.07 Å². The van der Waals surface area contributed by atoms with Crippen molar-refractivity contribution < 1.29 is 9.18 Å². The maximum Gasteiger partial charge on any atom is 0.256 e. The minimum atomic E-state index is -0.620. The van der Waals surface area contributed by atoms with Crippen molar-refractivity contribution in [2.24, 2.45) is 0 Å². The van der Waals surface area contributed by atoms with Crippen LogP contribution < -0.4 is 5.32 Å². The predicted molar refractivity (Wildman–Crippen MR) is 71.3 cm³/mol. The van der Waals surface area contributed by atoms with Crippen LogP contribution >= 0.6 is 22.6 Å². The molecule has 1 aromatic carbocycles. The van der Waals surface area contributed by atoms with Crippen LogP contribution in [0.1, 0.15) is 10.4 Å². The van der Waals surface area contributed by atoms with E-state index in [1.165, 1.54) is 18.2 Å². The molecule has 17 heavy (non-hydrogen) atoms. The fraction of sp³-hybridized carbons (Fsp3) is 0. The molecule has 0 fully saturated rings. The smallest absolute Gasteiger partial charge is 0.256 e. The summed E-state index contributed by atoms with van der Waals surface area (Å²) in [7, 11) is 0. The summed E-state index contributed by atoms with van der Waals surface area (Å²) in [5.74, 6) is -0.724. The third-order valence-electron chi connectivity index (χ3n) is 2.06. The van der Waals surface area contributed by atoms with E-state index in [-0.39, 0.29) is 11.7 Å². The highest BCUT2D eigenvalue weighted by Crippen LogP contribution is 2.09. The van der Waals surface area contributed by atoms with Gasteiger partial charge in [-0.05, 0) is 59.0 Å². The second kappa shape index (κ2) is 5.22. The van der Waals surface area contributed by atoms with Gasteiger partial charge in [0.25, 0.3) is 5.91 Å². The van der Waals surface area contributed by atoms with Gasteiger partial charge in [0.1, 0.15) is 5.82 Å². The number of aromatic nitrogens is 1. The summed E-state index contributed by atoms with van der Waals surface area (Å²) >= 11 is 2.15. The molecule has 1 aromatic heterocycles. The maximum absolute atomic E-state index is 12.8. The zero-order valence-corrected chi connectivity index (χ0v) is 10.8. The summed E-state index contributed by atoms with van der Waals surface area (Å²) in [4.78, 5) is 15.3. The Morgan fingerprint density at radius 1 is 1.18 bits per heavy atom. The largest absolute Gasteiger partial charge is 0.306 e. The van der Waals surface area contributed by atoms with Crippen LogP contribution in [0.5, 0.6) is 0 Å². The Balaban J connectivity index is 2.14. The summed E-state index contributed by atoms with van der Waals surface area (Å²) in [6, 6.07) is 11.3. The Labute approximate surface area is 111 Å². The van der Waals surface area contributed by atoms with Crippen molar-refractivity contribution in [3.8, 4) is 0 Å². The number of pyridine rings is 1. The van der Waals surface area contributed by atoms with Crippen LogP contribution in [0.2, 0.25) is 0 Å². The van der Waals surface area contributed by atoms with Crippen LogP contribution in [0.3, 0.4) is 0 Å². The van der Waals surface area contributed by atoms with Crippen LogP contribution in [-0.4, -0.2) is 10.9 Å². The zero-order valence-electron chi connectivity index (χ0n) is 8.65. The summed E-state index contributed by atoms with van der Waals surface area (Å²) in [5.41, 5.74) is 0.511. The first kappa shape index (κ1) is 12.0. The van der Waals surface area contributed by atoms with Crippen molar-refractivity contribution in [3.05, 3.63) is 57.5 Å². The van der Waals surface area contributed by atoms with E-state index in [4.69, 9.17) is 0 Å². The van der Waals surface area contributed by atoms with Gasteiger partial charge in [0.05, 0.1) is 0 Å². The first-order valence-corrected chi connectivity index (χ1v) is 5.92. The average Bonchev–Trinajstić information content (AvgIpc) is 2.29. The van der Waals surface area contributed by atoms with Gasteiger partial charge >= 0.3 is 0 Å². The molecule has 0 bridgehead atoms. The number of halogens is 2. The molecule has 0 saturated carbocycles. The number of rotatable bonds is 2. The Bertz CT molecular complexity index is 542.